The van der Waals surface area contributed by atoms with Crippen LogP contribution in [-0.2, 0) is 0 Å². The van der Waals surface area contributed by atoms with Crippen molar-refractivity contribution in [3.8, 4) is 33.4 Å². The van der Waals surface area contributed by atoms with Gasteiger partial charge >= 0.3 is 0 Å². The Morgan fingerprint density at radius 1 is 0.317 bits per heavy atom. The number of benzene rings is 9. The van der Waals surface area contributed by atoms with E-state index in [4.69, 9.17) is 0 Å². The average molecular weight is 773 g/mol. The van der Waals surface area contributed by atoms with Crippen molar-refractivity contribution >= 4 is 44.9 Å². The lowest BCUT2D eigenvalue weighted by Gasteiger charge is -2.29. The van der Waals surface area contributed by atoms with Crippen LogP contribution in [0, 0.1) is 0 Å². The van der Waals surface area contributed by atoms with Gasteiger partial charge in [0, 0.05) is 34.0 Å². The summed E-state index contributed by atoms with van der Waals surface area (Å²) in [6, 6.07) is 81.7. The van der Waals surface area contributed by atoms with Gasteiger partial charge in [-0.2, -0.15) is 0 Å². The third-order valence-corrected chi connectivity index (χ3v) is 12.2. The highest BCUT2D eigenvalue weighted by atomic mass is 15.1. The first-order valence-corrected chi connectivity index (χ1v) is 21.5. The summed E-state index contributed by atoms with van der Waals surface area (Å²) in [5, 5.41) is 2.46. The fraction of sp³-hybridized carbons (Fsp3) is 0.103. The van der Waals surface area contributed by atoms with Gasteiger partial charge in [-0.1, -0.05) is 171 Å². The molecule has 0 unspecified atom stereocenters. The van der Waals surface area contributed by atoms with Gasteiger partial charge in [0.25, 0.3) is 0 Å². The van der Waals surface area contributed by atoms with E-state index in [-0.39, 0.29) is 0 Å². The minimum absolute atomic E-state index is 0.693. The van der Waals surface area contributed by atoms with E-state index in [1.165, 1.54) is 87.5 Å². The molecule has 0 heterocycles. The lowest BCUT2D eigenvalue weighted by Crippen LogP contribution is -2.11. The zero-order chi connectivity index (χ0) is 40.1. The van der Waals surface area contributed by atoms with Gasteiger partial charge in [0.2, 0.25) is 0 Å². The Morgan fingerprint density at radius 2 is 0.783 bits per heavy atom. The minimum atomic E-state index is 0.693. The summed E-state index contributed by atoms with van der Waals surface area (Å²) in [5.74, 6) is 0.693. The van der Waals surface area contributed by atoms with E-state index in [1.807, 2.05) is 0 Å². The van der Waals surface area contributed by atoms with Crippen LogP contribution in [0.25, 0.3) is 44.2 Å². The summed E-state index contributed by atoms with van der Waals surface area (Å²) in [4.78, 5) is 4.76. The summed E-state index contributed by atoms with van der Waals surface area (Å²) < 4.78 is 0. The molecule has 9 aromatic rings. The van der Waals surface area contributed by atoms with Crippen molar-refractivity contribution in [2.24, 2.45) is 0 Å². The highest BCUT2D eigenvalue weighted by Gasteiger charge is 2.20. The summed E-state index contributed by atoms with van der Waals surface area (Å²) in [6.45, 7) is 0. The smallest absolute Gasteiger partial charge is 0.0546 e. The van der Waals surface area contributed by atoms with Gasteiger partial charge in [-0.05, 0) is 136 Å². The second-order valence-electron chi connectivity index (χ2n) is 16.0. The molecule has 60 heavy (non-hydrogen) atoms. The quantitative estimate of drug-likeness (QED) is 0.137. The van der Waals surface area contributed by atoms with Crippen molar-refractivity contribution in [2.45, 2.75) is 38.0 Å². The third-order valence-electron chi connectivity index (χ3n) is 12.2. The van der Waals surface area contributed by atoms with Gasteiger partial charge in [-0.15, -0.1) is 0 Å². The van der Waals surface area contributed by atoms with Crippen molar-refractivity contribution in [1.82, 2.24) is 0 Å². The number of hydrogen-bond acceptors (Lipinski definition) is 2. The molecular weight excluding hydrogens is 725 g/mol. The largest absolute Gasteiger partial charge is 0.311 e. The number of nitrogens with zero attached hydrogens (tertiary/aromatic N) is 2. The van der Waals surface area contributed by atoms with Crippen molar-refractivity contribution in [3.05, 3.63) is 230 Å². The topological polar surface area (TPSA) is 6.48 Å². The molecule has 2 nitrogen and oxygen atoms in total. The summed E-state index contributed by atoms with van der Waals surface area (Å²) in [7, 11) is 0. The Hall–Kier alpha value is -7.16. The molecule has 1 saturated carbocycles. The number of anilines is 6. The second kappa shape index (κ2) is 17.0. The maximum absolute atomic E-state index is 2.39. The molecule has 0 radical (unpaired) electrons. The van der Waals surface area contributed by atoms with Gasteiger partial charge in [0.05, 0.1) is 5.69 Å². The second-order valence-corrected chi connectivity index (χ2v) is 16.0. The molecule has 0 amide bonds. The maximum atomic E-state index is 2.39. The maximum Gasteiger partial charge on any atom is 0.0546 e. The molecule has 0 aromatic heterocycles. The molecule has 1 aliphatic rings. The van der Waals surface area contributed by atoms with Gasteiger partial charge < -0.3 is 9.80 Å². The molecule has 0 aliphatic heterocycles. The Labute approximate surface area is 354 Å². The van der Waals surface area contributed by atoms with Crippen LogP contribution in [-0.4, -0.2) is 0 Å². The molecule has 0 saturated heterocycles. The van der Waals surface area contributed by atoms with E-state index in [0.29, 0.717) is 5.92 Å². The normalized spacial score (nSPS) is 12.9. The van der Waals surface area contributed by atoms with Crippen LogP contribution in [0.15, 0.2) is 224 Å². The molecule has 0 spiro atoms. The summed E-state index contributed by atoms with van der Waals surface area (Å²) in [6.07, 6.45) is 6.69. The molecule has 0 atom stereocenters. The van der Waals surface area contributed by atoms with Crippen molar-refractivity contribution in [3.63, 3.8) is 0 Å². The standard InChI is InChI=1S/C58H48N2/c1-5-16-43(17-6-1)44-28-35-53(36-29-44)59(51-23-9-3-10-24-51)54-37-30-45(31-38-54)49-21-15-22-50(42-49)46-32-39-55(40-33-46)60(52-25-11-4-12-26-52)57-41-34-47-18-13-14-27-56(47)58(57)48-19-7-2-8-20-48/h2-4,7-15,18-43H,1,5-6,16-17H2. The molecule has 9 aromatic carbocycles. The highest BCUT2D eigenvalue weighted by Crippen LogP contribution is 2.45. The molecule has 1 fully saturated rings. The van der Waals surface area contributed by atoms with Gasteiger partial charge in [0.1, 0.15) is 0 Å². The molecule has 10 rings (SSSR count). The van der Waals surface area contributed by atoms with Crippen LogP contribution in [0.5, 0.6) is 0 Å². The van der Waals surface area contributed by atoms with Crippen molar-refractivity contribution in [1.29, 1.82) is 0 Å². The Balaban J connectivity index is 0.957. The Bertz CT molecular complexity index is 2810. The van der Waals surface area contributed by atoms with Gasteiger partial charge in [-0.25, -0.2) is 0 Å². The van der Waals surface area contributed by atoms with Crippen LogP contribution in [0.1, 0.15) is 43.6 Å². The van der Waals surface area contributed by atoms with Crippen molar-refractivity contribution < 1.29 is 0 Å². The van der Waals surface area contributed by atoms with E-state index in [9.17, 15) is 0 Å². The van der Waals surface area contributed by atoms with E-state index in [0.717, 1.165) is 28.4 Å². The van der Waals surface area contributed by atoms with Gasteiger partial charge in [0.15, 0.2) is 0 Å². The van der Waals surface area contributed by atoms with Crippen LogP contribution >= 0.6 is 0 Å². The average Bonchev–Trinajstić information content (AvgIpc) is 3.33. The van der Waals surface area contributed by atoms with Gasteiger partial charge in [-0.3, -0.25) is 0 Å². The zero-order valence-electron chi connectivity index (χ0n) is 33.9. The SMILES string of the molecule is c1ccc(-c2c(N(c3ccccc3)c3ccc(-c4cccc(-c5ccc(N(c6ccccc6)c6ccc(C7CCCCC7)cc6)cc5)c4)cc3)ccc3ccccc23)cc1. The van der Waals surface area contributed by atoms with Crippen LogP contribution < -0.4 is 9.80 Å². The predicted molar refractivity (Wildman–Crippen MR) is 255 cm³/mol. The van der Waals surface area contributed by atoms with Crippen molar-refractivity contribution in [2.75, 3.05) is 9.80 Å². The number of para-hydroxylation sites is 2. The first kappa shape index (κ1) is 37.1. The van der Waals surface area contributed by atoms with Crippen LogP contribution in [0.3, 0.4) is 0 Å². The number of hydrogen-bond donors (Lipinski definition) is 0. The predicted octanol–water partition coefficient (Wildman–Crippen LogP) is 16.8. The van der Waals surface area contributed by atoms with Crippen LogP contribution in [0.4, 0.5) is 34.1 Å². The third kappa shape index (κ3) is 7.61. The summed E-state index contributed by atoms with van der Waals surface area (Å²) in [5.41, 5.74) is 15.5. The lowest BCUT2D eigenvalue weighted by molar-refractivity contribution is 0.443. The molecule has 0 N–H and O–H groups in total. The molecule has 290 valence electrons. The minimum Gasteiger partial charge on any atom is -0.311 e. The Morgan fingerprint density at radius 3 is 1.38 bits per heavy atom. The fourth-order valence-corrected chi connectivity index (χ4v) is 9.20. The monoisotopic (exact) mass is 772 g/mol. The molecule has 2 heteroatoms. The fourth-order valence-electron chi connectivity index (χ4n) is 9.20. The van der Waals surface area contributed by atoms with E-state index < -0.39 is 0 Å². The zero-order valence-corrected chi connectivity index (χ0v) is 33.9. The molecule has 0 bridgehead atoms. The number of fused-ring (bicyclic) bond motifs is 1. The Kier molecular flexibility index (Phi) is 10.5. The highest BCUT2D eigenvalue weighted by molar-refractivity contribution is 6.05. The van der Waals surface area contributed by atoms with E-state index >= 15 is 0 Å². The van der Waals surface area contributed by atoms with E-state index in [1.54, 1.807) is 0 Å². The lowest BCUT2D eigenvalue weighted by atomic mass is 9.84. The number of rotatable bonds is 10. The molecule has 1 aliphatic carbocycles. The van der Waals surface area contributed by atoms with E-state index in [2.05, 4.69) is 234 Å². The first-order chi connectivity index (χ1) is 29.8. The summed E-state index contributed by atoms with van der Waals surface area (Å²) >= 11 is 0. The molecular formula is C58H48N2. The first-order valence-electron chi connectivity index (χ1n) is 21.5. The van der Waals surface area contributed by atoms with Crippen LogP contribution in [0.2, 0.25) is 0 Å².